The maximum atomic E-state index is 13.1. The van der Waals surface area contributed by atoms with Gasteiger partial charge in [-0.05, 0) is 38.5 Å². The van der Waals surface area contributed by atoms with Gasteiger partial charge in [0.25, 0.3) is 5.91 Å². The van der Waals surface area contributed by atoms with Gasteiger partial charge in [0.2, 0.25) is 11.8 Å². The van der Waals surface area contributed by atoms with E-state index in [1.807, 2.05) is 18.7 Å². The van der Waals surface area contributed by atoms with E-state index in [2.05, 4.69) is 20.1 Å². The molecule has 0 atom stereocenters. The van der Waals surface area contributed by atoms with Crippen LogP contribution in [0.1, 0.15) is 84.8 Å². The number of aromatic nitrogens is 4. The number of fused-ring (bicyclic) bond motifs is 1. The third kappa shape index (κ3) is 3.52. The number of hydrogen-bond acceptors (Lipinski definition) is 7. The Bertz CT molecular complexity index is 839. The van der Waals surface area contributed by atoms with Crippen molar-refractivity contribution in [2.45, 2.75) is 64.2 Å². The average Bonchev–Trinajstić information content (AvgIpc) is 3.17. The highest BCUT2D eigenvalue weighted by Gasteiger charge is 2.31. The van der Waals surface area contributed by atoms with E-state index in [4.69, 9.17) is 10.3 Å². The van der Waals surface area contributed by atoms with Crippen molar-refractivity contribution in [3.05, 3.63) is 28.7 Å². The Hall–Kier alpha value is -2.51. The highest BCUT2D eigenvalue weighted by atomic mass is 16.5. The Morgan fingerprint density at radius 2 is 1.89 bits per heavy atom. The van der Waals surface area contributed by atoms with Gasteiger partial charge in [-0.25, -0.2) is 9.97 Å². The highest BCUT2D eigenvalue weighted by molar-refractivity contribution is 5.94. The van der Waals surface area contributed by atoms with Crippen LogP contribution in [0.3, 0.4) is 0 Å². The lowest BCUT2D eigenvalue weighted by Crippen LogP contribution is -2.39. The van der Waals surface area contributed by atoms with Crippen LogP contribution >= 0.6 is 0 Å². The van der Waals surface area contributed by atoms with Gasteiger partial charge in [-0.2, -0.15) is 4.98 Å². The quantitative estimate of drug-likeness (QED) is 0.883. The number of rotatable bonds is 3. The lowest BCUT2D eigenvalue weighted by molar-refractivity contribution is 0.0697. The summed E-state index contributed by atoms with van der Waals surface area (Å²) in [5.74, 6) is 2.05. The smallest absolute Gasteiger partial charge is 0.272 e. The highest BCUT2D eigenvalue weighted by Crippen LogP contribution is 2.30. The van der Waals surface area contributed by atoms with Crippen molar-refractivity contribution in [1.82, 2.24) is 25.0 Å². The van der Waals surface area contributed by atoms with Crippen LogP contribution in [0.2, 0.25) is 0 Å². The number of piperidine rings is 1. The van der Waals surface area contributed by atoms with Gasteiger partial charge in [-0.3, -0.25) is 4.79 Å². The van der Waals surface area contributed by atoms with Crippen molar-refractivity contribution in [2.24, 2.45) is 0 Å². The van der Waals surface area contributed by atoms with E-state index in [0.717, 1.165) is 55.6 Å². The molecule has 8 heteroatoms. The van der Waals surface area contributed by atoms with Crippen LogP contribution < -0.4 is 5.73 Å². The third-order valence-corrected chi connectivity index (χ3v) is 5.51. The average molecular weight is 370 g/mol. The molecule has 2 aromatic heterocycles. The number of amides is 1. The molecule has 0 saturated carbocycles. The van der Waals surface area contributed by atoms with Gasteiger partial charge in [0.05, 0.1) is 0 Å². The molecule has 0 spiro atoms. The van der Waals surface area contributed by atoms with E-state index in [1.165, 1.54) is 0 Å². The van der Waals surface area contributed by atoms with Crippen LogP contribution in [0.5, 0.6) is 0 Å². The van der Waals surface area contributed by atoms with Crippen LogP contribution in [0, 0.1) is 0 Å². The lowest BCUT2D eigenvalue weighted by Gasteiger charge is -2.31. The van der Waals surface area contributed by atoms with Gasteiger partial charge >= 0.3 is 0 Å². The first kappa shape index (κ1) is 17.9. The summed E-state index contributed by atoms with van der Waals surface area (Å²) in [7, 11) is 0. The van der Waals surface area contributed by atoms with Gasteiger partial charge in [0.15, 0.2) is 5.82 Å². The van der Waals surface area contributed by atoms with Gasteiger partial charge in [-0.15, -0.1) is 0 Å². The second kappa shape index (κ2) is 7.25. The molecule has 2 N–H and O–H groups in total. The second-order valence-corrected chi connectivity index (χ2v) is 7.77. The molecule has 1 aliphatic heterocycles. The first-order valence-corrected chi connectivity index (χ1v) is 9.81. The van der Waals surface area contributed by atoms with Crippen molar-refractivity contribution in [3.63, 3.8) is 0 Å². The molecular formula is C19H26N6O2. The molecule has 27 heavy (non-hydrogen) atoms. The van der Waals surface area contributed by atoms with E-state index >= 15 is 0 Å². The summed E-state index contributed by atoms with van der Waals surface area (Å²) in [4.78, 5) is 28.1. The number of nitrogen functional groups attached to an aromatic ring is 1. The molecule has 3 heterocycles. The van der Waals surface area contributed by atoms with Crippen LogP contribution in [-0.4, -0.2) is 44.0 Å². The zero-order valence-corrected chi connectivity index (χ0v) is 15.9. The van der Waals surface area contributed by atoms with Gasteiger partial charge in [0.1, 0.15) is 5.69 Å². The summed E-state index contributed by atoms with van der Waals surface area (Å²) in [6, 6.07) is 0. The zero-order valence-electron chi connectivity index (χ0n) is 15.9. The predicted octanol–water partition coefficient (Wildman–Crippen LogP) is 2.46. The number of nitrogens with zero attached hydrogens (tertiary/aromatic N) is 5. The SMILES string of the molecule is CC(C)c1noc(C2CCN(C(=O)c3nc(N)nc4c3CCCC4)CC2)n1. The molecule has 8 nitrogen and oxygen atoms in total. The fourth-order valence-corrected chi connectivity index (χ4v) is 3.92. The first-order chi connectivity index (χ1) is 13.0. The molecular weight excluding hydrogens is 344 g/mol. The number of carbonyl (C=O) groups excluding carboxylic acids is 1. The normalized spacial score (nSPS) is 18.0. The zero-order chi connectivity index (χ0) is 19.0. The topological polar surface area (TPSA) is 111 Å². The summed E-state index contributed by atoms with van der Waals surface area (Å²) >= 11 is 0. The fourth-order valence-electron chi connectivity index (χ4n) is 3.92. The Labute approximate surface area is 158 Å². The molecule has 0 bridgehead atoms. The lowest BCUT2D eigenvalue weighted by atomic mass is 9.93. The summed E-state index contributed by atoms with van der Waals surface area (Å²) in [5.41, 5.74) is 8.28. The Kier molecular flexibility index (Phi) is 4.80. The molecule has 2 aromatic rings. The van der Waals surface area contributed by atoms with Crippen LogP contribution in [0.4, 0.5) is 5.95 Å². The summed E-state index contributed by atoms with van der Waals surface area (Å²) in [5, 5.41) is 4.05. The summed E-state index contributed by atoms with van der Waals surface area (Å²) < 4.78 is 5.43. The molecule has 1 fully saturated rings. The Morgan fingerprint density at radius 1 is 1.15 bits per heavy atom. The Morgan fingerprint density at radius 3 is 2.59 bits per heavy atom. The van der Waals surface area contributed by atoms with Crippen LogP contribution in [0.15, 0.2) is 4.52 Å². The number of anilines is 1. The van der Waals surface area contributed by atoms with E-state index in [1.54, 1.807) is 0 Å². The van der Waals surface area contributed by atoms with Crippen LogP contribution in [-0.2, 0) is 12.8 Å². The largest absolute Gasteiger partial charge is 0.368 e. The molecule has 0 radical (unpaired) electrons. The van der Waals surface area contributed by atoms with Gasteiger partial charge in [-0.1, -0.05) is 19.0 Å². The van der Waals surface area contributed by atoms with E-state index in [0.29, 0.717) is 24.7 Å². The molecule has 1 saturated heterocycles. The van der Waals surface area contributed by atoms with E-state index < -0.39 is 0 Å². The molecule has 0 aromatic carbocycles. The maximum Gasteiger partial charge on any atom is 0.272 e. The maximum absolute atomic E-state index is 13.1. The number of aryl methyl sites for hydroxylation is 1. The molecule has 1 aliphatic carbocycles. The van der Waals surface area contributed by atoms with Crippen molar-refractivity contribution in [3.8, 4) is 0 Å². The van der Waals surface area contributed by atoms with Crippen molar-refractivity contribution in [1.29, 1.82) is 0 Å². The minimum absolute atomic E-state index is 0.0332. The minimum Gasteiger partial charge on any atom is -0.368 e. The van der Waals surface area contributed by atoms with Crippen LogP contribution in [0.25, 0.3) is 0 Å². The molecule has 144 valence electrons. The number of carbonyl (C=O) groups is 1. The van der Waals surface area contributed by atoms with Gasteiger partial charge < -0.3 is 15.2 Å². The standard InChI is InChI=1S/C19H26N6O2/c1-11(2)16-23-17(27-24-16)12-7-9-25(10-8-12)18(26)15-13-5-3-4-6-14(13)21-19(20)22-15/h11-12H,3-10H2,1-2H3,(H2,20,21,22). The number of likely N-dealkylation sites (tertiary alicyclic amines) is 1. The van der Waals surface area contributed by atoms with Gasteiger partial charge in [0, 0.05) is 36.2 Å². The minimum atomic E-state index is -0.0332. The fraction of sp³-hybridized carbons (Fsp3) is 0.632. The second-order valence-electron chi connectivity index (χ2n) is 7.77. The van der Waals surface area contributed by atoms with E-state index in [9.17, 15) is 4.79 Å². The molecule has 2 aliphatic rings. The number of nitrogens with two attached hydrogens (primary N) is 1. The predicted molar refractivity (Wildman–Crippen MR) is 99.4 cm³/mol. The third-order valence-electron chi connectivity index (χ3n) is 5.51. The summed E-state index contributed by atoms with van der Waals surface area (Å²) in [6.07, 6.45) is 5.51. The number of hydrogen-bond donors (Lipinski definition) is 1. The molecule has 4 rings (SSSR count). The monoisotopic (exact) mass is 370 g/mol. The Balaban J connectivity index is 1.47. The van der Waals surface area contributed by atoms with Crippen molar-refractivity contribution in [2.75, 3.05) is 18.8 Å². The molecule has 0 unspecified atom stereocenters. The first-order valence-electron chi connectivity index (χ1n) is 9.81. The van der Waals surface area contributed by atoms with Crippen molar-refractivity contribution < 1.29 is 9.32 Å². The van der Waals surface area contributed by atoms with Crippen molar-refractivity contribution >= 4 is 11.9 Å². The summed E-state index contributed by atoms with van der Waals surface area (Å²) in [6.45, 7) is 5.40. The van der Waals surface area contributed by atoms with E-state index in [-0.39, 0.29) is 23.7 Å². The molecule has 1 amide bonds.